The molecule has 0 aliphatic carbocycles. The van der Waals surface area contributed by atoms with Gasteiger partial charge >= 0.3 is 5.97 Å². The summed E-state index contributed by atoms with van der Waals surface area (Å²) in [5, 5.41) is 3.11. The first kappa shape index (κ1) is 21.6. The highest BCUT2D eigenvalue weighted by Crippen LogP contribution is 2.35. The Balaban J connectivity index is 1.56. The second-order valence-electron chi connectivity index (χ2n) is 7.26. The third-order valence-electron chi connectivity index (χ3n) is 4.85. The molecule has 0 saturated heterocycles. The molecule has 0 bridgehead atoms. The molecule has 162 valence electrons. The van der Waals surface area contributed by atoms with Crippen molar-refractivity contribution in [1.29, 1.82) is 0 Å². The van der Waals surface area contributed by atoms with Gasteiger partial charge in [-0.3, -0.25) is 4.79 Å². The number of hydrogen-bond acceptors (Lipinski definition) is 5. The highest BCUT2D eigenvalue weighted by atomic mass is 32.2. The zero-order chi connectivity index (χ0) is 22.5. The molecule has 1 heterocycles. The van der Waals surface area contributed by atoms with Crippen LogP contribution in [0, 0.1) is 6.92 Å². The zero-order valence-corrected chi connectivity index (χ0v) is 18.6. The predicted octanol–water partition coefficient (Wildman–Crippen LogP) is 5.52. The van der Waals surface area contributed by atoms with E-state index in [1.807, 2.05) is 55.5 Å². The van der Waals surface area contributed by atoms with Crippen molar-refractivity contribution < 1.29 is 14.3 Å². The van der Waals surface area contributed by atoms with E-state index in [2.05, 4.69) is 15.3 Å². The average molecular weight is 446 g/mol. The number of hydrogen-bond donors (Lipinski definition) is 2. The molecule has 6 nitrogen and oxygen atoms in total. The molecule has 0 spiro atoms. The van der Waals surface area contributed by atoms with Gasteiger partial charge in [-0.15, -0.1) is 0 Å². The first-order valence-electron chi connectivity index (χ1n) is 10.3. The van der Waals surface area contributed by atoms with Crippen LogP contribution in [0.3, 0.4) is 0 Å². The maximum Gasteiger partial charge on any atom is 0.338 e. The van der Waals surface area contributed by atoms with Gasteiger partial charge in [-0.05, 0) is 61.4 Å². The van der Waals surface area contributed by atoms with Crippen LogP contribution in [-0.4, -0.2) is 28.5 Å². The quantitative estimate of drug-likeness (QED) is 0.289. The van der Waals surface area contributed by atoms with E-state index in [-0.39, 0.29) is 11.9 Å². The van der Waals surface area contributed by atoms with Gasteiger partial charge in [0, 0.05) is 5.69 Å². The topological polar surface area (TPSA) is 84.1 Å². The lowest BCUT2D eigenvalue weighted by Crippen LogP contribution is -2.19. The number of thioether (sulfide) groups is 1. The molecule has 0 unspecified atom stereocenters. The smallest absolute Gasteiger partial charge is 0.338 e. The summed E-state index contributed by atoms with van der Waals surface area (Å²) in [4.78, 5) is 33.0. The van der Waals surface area contributed by atoms with Crippen molar-refractivity contribution in [2.75, 3.05) is 11.9 Å². The van der Waals surface area contributed by atoms with Gasteiger partial charge in [0.15, 0.2) is 5.16 Å². The van der Waals surface area contributed by atoms with Crippen molar-refractivity contribution in [1.82, 2.24) is 9.97 Å². The molecule has 3 aromatic carbocycles. The van der Waals surface area contributed by atoms with Crippen molar-refractivity contribution >= 4 is 40.4 Å². The van der Waals surface area contributed by atoms with Gasteiger partial charge in [0.2, 0.25) is 5.91 Å². The number of esters is 1. The van der Waals surface area contributed by atoms with E-state index in [4.69, 9.17) is 4.74 Å². The van der Waals surface area contributed by atoms with Crippen molar-refractivity contribution in [2.24, 2.45) is 0 Å². The van der Waals surface area contributed by atoms with Crippen LogP contribution in [0.4, 0.5) is 5.69 Å². The molecule has 32 heavy (non-hydrogen) atoms. The first-order valence-corrected chi connectivity index (χ1v) is 11.2. The Morgan fingerprint density at radius 2 is 1.81 bits per heavy atom. The number of benzene rings is 3. The van der Waals surface area contributed by atoms with Crippen molar-refractivity contribution in [3.8, 4) is 0 Å². The van der Waals surface area contributed by atoms with E-state index in [9.17, 15) is 9.59 Å². The summed E-state index contributed by atoms with van der Waals surface area (Å²) in [5.41, 5.74) is 4.85. The standard InChI is InChI=1S/C25H23N3O3S/c1-3-31-24(30)18-10-12-19(13-11-18)26-23(29)22(17-7-5-4-6-8-17)32-25-27-20-14-9-16(2)15-21(20)28-25/h4-15,22H,3H2,1-2H3,(H,26,29)(H,27,28)/t22-/m1/s1. The van der Waals surface area contributed by atoms with Crippen LogP contribution < -0.4 is 5.32 Å². The first-order chi connectivity index (χ1) is 15.5. The number of ether oxygens (including phenoxy) is 1. The van der Waals surface area contributed by atoms with Crippen LogP contribution in [0.1, 0.15) is 33.7 Å². The number of imidazole rings is 1. The van der Waals surface area contributed by atoms with Gasteiger partial charge in [-0.2, -0.15) is 0 Å². The molecule has 0 saturated carbocycles. The van der Waals surface area contributed by atoms with E-state index in [1.54, 1.807) is 31.2 Å². The van der Waals surface area contributed by atoms with Gasteiger partial charge in [0.1, 0.15) is 5.25 Å². The molecule has 1 atom stereocenters. The fourth-order valence-corrected chi connectivity index (χ4v) is 4.28. The van der Waals surface area contributed by atoms with Crippen molar-refractivity contribution in [3.05, 3.63) is 89.5 Å². The lowest BCUT2D eigenvalue weighted by molar-refractivity contribution is -0.115. The number of rotatable bonds is 7. The van der Waals surface area contributed by atoms with E-state index in [1.165, 1.54) is 11.8 Å². The lowest BCUT2D eigenvalue weighted by atomic mass is 10.1. The summed E-state index contributed by atoms with van der Waals surface area (Å²) in [5.74, 6) is -0.565. The molecule has 4 aromatic rings. The zero-order valence-electron chi connectivity index (χ0n) is 17.8. The van der Waals surface area contributed by atoms with Crippen molar-refractivity contribution in [2.45, 2.75) is 24.3 Å². The second kappa shape index (κ2) is 9.70. The molecule has 0 fully saturated rings. The number of nitrogens with one attached hydrogen (secondary N) is 2. The number of aromatic amines is 1. The summed E-state index contributed by atoms with van der Waals surface area (Å²) >= 11 is 1.36. The highest BCUT2D eigenvalue weighted by molar-refractivity contribution is 8.00. The molecular formula is C25H23N3O3S. The number of amides is 1. The lowest BCUT2D eigenvalue weighted by Gasteiger charge is -2.16. The van der Waals surface area contributed by atoms with Crippen molar-refractivity contribution in [3.63, 3.8) is 0 Å². The molecule has 7 heteroatoms. The van der Waals surface area contributed by atoms with Crippen LogP contribution in [0.25, 0.3) is 11.0 Å². The van der Waals surface area contributed by atoms with Crippen LogP contribution in [0.2, 0.25) is 0 Å². The number of anilines is 1. The molecular weight excluding hydrogens is 422 g/mol. The summed E-state index contributed by atoms with van der Waals surface area (Å²) < 4.78 is 5.00. The Hall–Kier alpha value is -3.58. The minimum Gasteiger partial charge on any atom is -0.462 e. The number of carbonyl (C=O) groups excluding carboxylic acids is 2. The Kier molecular flexibility index (Phi) is 6.56. The minimum absolute atomic E-state index is 0.179. The number of fused-ring (bicyclic) bond motifs is 1. The minimum atomic E-state index is -0.511. The Bertz CT molecular complexity index is 1240. The van der Waals surface area contributed by atoms with Gasteiger partial charge in [0.05, 0.1) is 23.2 Å². The van der Waals surface area contributed by atoms with Crippen LogP contribution in [0.5, 0.6) is 0 Å². The second-order valence-corrected chi connectivity index (χ2v) is 8.35. The summed E-state index contributed by atoms with van der Waals surface area (Å²) in [6.07, 6.45) is 0. The molecule has 4 rings (SSSR count). The average Bonchev–Trinajstić information content (AvgIpc) is 3.20. The summed E-state index contributed by atoms with van der Waals surface area (Å²) in [6.45, 7) is 4.10. The number of nitrogens with zero attached hydrogens (tertiary/aromatic N) is 1. The Morgan fingerprint density at radius 1 is 1.06 bits per heavy atom. The molecule has 2 N–H and O–H groups in total. The van der Waals surface area contributed by atoms with Crippen LogP contribution in [0.15, 0.2) is 78.0 Å². The Labute approximate surface area is 190 Å². The number of aryl methyl sites for hydroxylation is 1. The van der Waals surface area contributed by atoms with E-state index >= 15 is 0 Å². The molecule has 0 aliphatic heterocycles. The molecule has 1 amide bonds. The number of H-pyrrole nitrogens is 1. The monoisotopic (exact) mass is 445 g/mol. The molecule has 1 aromatic heterocycles. The van der Waals surface area contributed by atoms with E-state index < -0.39 is 5.25 Å². The maximum absolute atomic E-state index is 13.2. The third kappa shape index (κ3) is 5.00. The largest absolute Gasteiger partial charge is 0.462 e. The van der Waals surface area contributed by atoms with E-state index in [0.717, 1.165) is 22.2 Å². The van der Waals surface area contributed by atoms with Crippen LogP contribution in [-0.2, 0) is 9.53 Å². The Morgan fingerprint density at radius 3 is 2.53 bits per heavy atom. The third-order valence-corrected chi connectivity index (χ3v) is 5.99. The maximum atomic E-state index is 13.2. The summed E-state index contributed by atoms with van der Waals surface area (Å²) in [6, 6.07) is 22.3. The van der Waals surface area contributed by atoms with Gasteiger partial charge < -0.3 is 15.0 Å². The predicted molar refractivity (Wildman–Crippen MR) is 127 cm³/mol. The molecule has 0 aliphatic rings. The van der Waals surface area contributed by atoms with Gasteiger partial charge in [0.25, 0.3) is 0 Å². The fourth-order valence-electron chi connectivity index (χ4n) is 3.28. The normalized spacial score (nSPS) is 11.8. The number of carbonyl (C=O) groups is 2. The summed E-state index contributed by atoms with van der Waals surface area (Å²) in [7, 11) is 0. The molecule has 0 radical (unpaired) electrons. The van der Waals surface area contributed by atoms with E-state index in [0.29, 0.717) is 23.0 Å². The van der Waals surface area contributed by atoms with Gasteiger partial charge in [-0.1, -0.05) is 48.2 Å². The number of aromatic nitrogens is 2. The van der Waals surface area contributed by atoms with Crippen LogP contribution >= 0.6 is 11.8 Å². The fraction of sp³-hybridized carbons (Fsp3) is 0.160. The van der Waals surface area contributed by atoms with Gasteiger partial charge in [-0.25, -0.2) is 9.78 Å². The SMILES string of the molecule is CCOC(=O)c1ccc(NC(=O)[C@H](Sc2nc3ccc(C)cc3[nH]2)c2ccccc2)cc1. The highest BCUT2D eigenvalue weighted by Gasteiger charge is 2.24.